The fourth-order valence-electron chi connectivity index (χ4n) is 2.54. The topological polar surface area (TPSA) is 41.5 Å². The zero-order chi connectivity index (χ0) is 12.2. The molecule has 4 atom stereocenters. The van der Waals surface area contributed by atoms with Crippen LogP contribution in [0.25, 0.3) is 0 Å². The van der Waals surface area contributed by atoms with Crippen molar-refractivity contribution in [2.45, 2.75) is 38.7 Å². The van der Waals surface area contributed by atoms with Crippen LogP contribution in [0.15, 0.2) is 0 Å². The second-order valence-corrected chi connectivity index (χ2v) is 9.73. The van der Waals surface area contributed by atoms with E-state index in [-0.39, 0.29) is 6.10 Å². The normalized spacial score (nSPS) is 32.0. The number of hydrogen-bond acceptors (Lipinski definition) is 3. The van der Waals surface area contributed by atoms with Crippen LogP contribution in [0.3, 0.4) is 0 Å². The van der Waals surface area contributed by atoms with Gasteiger partial charge < -0.3 is 14.7 Å². The van der Waals surface area contributed by atoms with Gasteiger partial charge in [-0.25, -0.2) is 0 Å². The first kappa shape index (κ1) is 14.9. The summed E-state index contributed by atoms with van der Waals surface area (Å²) >= 11 is 8.83. The summed E-state index contributed by atoms with van der Waals surface area (Å²) in [7, 11) is 1.89. The van der Waals surface area contributed by atoms with Gasteiger partial charge in [0.2, 0.25) is 5.69 Å². The summed E-state index contributed by atoms with van der Waals surface area (Å²) < 4.78 is 5.57. The first-order chi connectivity index (χ1) is 7.44. The van der Waals surface area contributed by atoms with Crippen molar-refractivity contribution in [3.8, 4) is 0 Å². The molecule has 0 heterocycles. The lowest BCUT2D eigenvalue weighted by molar-refractivity contribution is 0.0785. The summed E-state index contributed by atoms with van der Waals surface area (Å²) in [5, 5.41) is 3.11. The molecule has 0 aromatic rings. The van der Waals surface area contributed by atoms with Gasteiger partial charge in [-0.05, 0) is 37.1 Å². The van der Waals surface area contributed by atoms with E-state index in [9.17, 15) is 4.89 Å². The number of thiol groups is 1. The molecular weight excluding hydrogens is 261 g/mol. The molecule has 1 fully saturated rings. The summed E-state index contributed by atoms with van der Waals surface area (Å²) in [5.74, 6) is 1.13. The van der Waals surface area contributed by atoms with Crippen LogP contribution in [0.1, 0.15) is 32.6 Å². The SMILES string of the molecule is CNCC(OP(O)(=S)S)C1CCCCC1C. The highest BCUT2D eigenvalue weighted by atomic mass is 32.9. The third kappa shape index (κ3) is 5.03. The maximum atomic E-state index is 9.57. The minimum Gasteiger partial charge on any atom is -0.338 e. The van der Waals surface area contributed by atoms with Gasteiger partial charge in [0.15, 0.2) is 0 Å². The van der Waals surface area contributed by atoms with Crippen molar-refractivity contribution in [3.63, 3.8) is 0 Å². The van der Waals surface area contributed by atoms with Crippen LogP contribution in [-0.4, -0.2) is 24.6 Å². The summed E-state index contributed by atoms with van der Waals surface area (Å²) in [4.78, 5) is 9.57. The lowest BCUT2D eigenvalue weighted by Gasteiger charge is -2.35. The summed E-state index contributed by atoms with van der Waals surface area (Å²) in [6.45, 7) is 2.99. The van der Waals surface area contributed by atoms with Gasteiger partial charge in [0, 0.05) is 6.54 Å². The van der Waals surface area contributed by atoms with Crippen molar-refractivity contribution in [3.05, 3.63) is 0 Å². The van der Waals surface area contributed by atoms with Crippen molar-refractivity contribution >= 4 is 29.7 Å². The quantitative estimate of drug-likeness (QED) is 0.536. The van der Waals surface area contributed by atoms with Gasteiger partial charge in [-0.1, -0.05) is 38.4 Å². The molecule has 0 saturated heterocycles. The van der Waals surface area contributed by atoms with E-state index in [1.54, 1.807) is 0 Å². The van der Waals surface area contributed by atoms with Gasteiger partial charge >= 0.3 is 0 Å². The molecule has 0 aromatic carbocycles. The van der Waals surface area contributed by atoms with Crippen molar-refractivity contribution < 1.29 is 9.42 Å². The zero-order valence-corrected chi connectivity index (χ0v) is 12.5. The molecule has 6 heteroatoms. The van der Waals surface area contributed by atoms with Crippen LogP contribution >= 0.6 is 17.9 Å². The Morgan fingerprint density at radius 1 is 1.56 bits per heavy atom. The Labute approximate surface area is 109 Å². The van der Waals surface area contributed by atoms with E-state index in [0.717, 1.165) is 13.0 Å². The molecule has 1 rings (SSSR count). The molecular formula is C10H22NO2PS2. The van der Waals surface area contributed by atoms with Gasteiger partial charge in [0.1, 0.15) is 0 Å². The average molecular weight is 283 g/mol. The first-order valence-corrected chi connectivity index (χ1v) is 9.65. The van der Waals surface area contributed by atoms with Crippen molar-refractivity contribution in [1.29, 1.82) is 0 Å². The predicted octanol–water partition coefficient (Wildman–Crippen LogP) is 2.56. The highest BCUT2D eigenvalue weighted by molar-refractivity contribution is 8.59. The lowest BCUT2D eigenvalue weighted by Crippen LogP contribution is -2.37. The number of likely N-dealkylation sites (N-methyl/N-ethyl adjacent to an activating group) is 1. The second kappa shape index (κ2) is 6.72. The van der Waals surface area contributed by atoms with E-state index >= 15 is 0 Å². The maximum Gasteiger partial charge on any atom is 0.241 e. The number of nitrogens with one attached hydrogen (secondary N) is 1. The van der Waals surface area contributed by atoms with Crippen LogP contribution in [0.5, 0.6) is 0 Å². The minimum absolute atomic E-state index is 0.00590. The van der Waals surface area contributed by atoms with E-state index in [4.69, 9.17) is 16.3 Å². The molecule has 4 unspecified atom stereocenters. The molecule has 0 bridgehead atoms. The molecule has 1 aliphatic rings. The largest absolute Gasteiger partial charge is 0.338 e. The molecule has 2 N–H and O–H groups in total. The Balaban J connectivity index is 2.63. The third-order valence-corrected chi connectivity index (χ3v) is 4.42. The van der Waals surface area contributed by atoms with Crippen molar-refractivity contribution in [1.82, 2.24) is 5.32 Å². The molecule has 0 radical (unpaired) electrons. The molecule has 1 saturated carbocycles. The molecule has 3 nitrogen and oxygen atoms in total. The summed E-state index contributed by atoms with van der Waals surface area (Å²) in [5.41, 5.74) is -2.86. The molecule has 1 aliphatic carbocycles. The van der Waals surface area contributed by atoms with E-state index in [1.807, 2.05) is 7.05 Å². The van der Waals surface area contributed by atoms with Crippen LogP contribution in [-0.2, 0) is 16.3 Å². The Hall–Kier alpha value is 0.880. The fourth-order valence-corrected chi connectivity index (χ4v) is 3.82. The Morgan fingerprint density at radius 3 is 2.69 bits per heavy atom. The highest BCUT2D eigenvalue weighted by Crippen LogP contribution is 2.50. The van der Waals surface area contributed by atoms with Gasteiger partial charge in [0.05, 0.1) is 6.10 Å². The molecule has 0 amide bonds. The Kier molecular flexibility index (Phi) is 6.27. The van der Waals surface area contributed by atoms with Crippen molar-refractivity contribution in [2.75, 3.05) is 13.6 Å². The molecule has 96 valence electrons. The summed E-state index contributed by atoms with van der Waals surface area (Å²) in [6.07, 6.45) is 4.96. The monoisotopic (exact) mass is 283 g/mol. The number of rotatable bonds is 5. The third-order valence-electron chi connectivity index (χ3n) is 3.33. The van der Waals surface area contributed by atoms with E-state index in [0.29, 0.717) is 11.8 Å². The zero-order valence-electron chi connectivity index (χ0n) is 9.93. The fraction of sp³-hybridized carbons (Fsp3) is 1.00. The summed E-state index contributed by atoms with van der Waals surface area (Å²) in [6, 6.07) is 0. The molecule has 0 aromatic heterocycles. The van der Waals surface area contributed by atoms with E-state index in [1.165, 1.54) is 19.3 Å². The minimum atomic E-state index is -2.86. The van der Waals surface area contributed by atoms with E-state index < -0.39 is 5.69 Å². The molecule has 16 heavy (non-hydrogen) atoms. The van der Waals surface area contributed by atoms with Gasteiger partial charge in [-0.2, -0.15) is 0 Å². The second-order valence-electron chi connectivity index (χ2n) is 4.62. The lowest BCUT2D eigenvalue weighted by atomic mass is 9.77. The molecule has 0 spiro atoms. The number of hydrogen-bond donors (Lipinski definition) is 3. The smallest absolute Gasteiger partial charge is 0.241 e. The first-order valence-electron chi connectivity index (χ1n) is 5.82. The van der Waals surface area contributed by atoms with Crippen LogP contribution < -0.4 is 5.32 Å². The van der Waals surface area contributed by atoms with Crippen LogP contribution in [0.4, 0.5) is 0 Å². The van der Waals surface area contributed by atoms with Gasteiger partial charge in [-0.3, -0.25) is 0 Å². The van der Waals surface area contributed by atoms with E-state index in [2.05, 4.69) is 24.5 Å². The van der Waals surface area contributed by atoms with Gasteiger partial charge in [0.25, 0.3) is 0 Å². The van der Waals surface area contributed by atoms with Crippen molar-refractivity contribution in [2.24, 2.45) is 11.8 Å². The molecule has 0 aliphatic heterocycles. The Bertz CT molecular complexity index is 259. The Morgan fingerprint density at radius 2 is 2.19 bits per heavy atom. The standard InChI is InChI=1S/C10H22NO2PS2/c1-8-5-3-4-6-9(8)10(7-11-2)13-14(12,15)16/h8-11H,3-7H2,1-2H3,(H2,12,15,16). The average Bonchev–Trinajstić information content (AvgIpc) is 2.16. The van der Waals surface area contributed by atoms with Gasteiger partial charge in [-0.15, -0.1) is 0 Å². The highest BCUT2D eigenvalue weighted by Gasteiger charge is 2.31. The maximum absolute atomic E-state index is 9.57. The van der Waals surface area contributed by atoms with Crippen LogP contribution in [0.2, 0.25) is 0 Å². The van der Waals surface area contributed by atoms with Crippen LogP contribution in [0, 0.1) is 11.8 Å². The predicted molar refractivity (Wildman–Crippen MR) is 75.4 cm³/mol.